The van der Waals surface area contributed by atoms with Crippen LogP contribution in [0, 0.1) is 0 Å². The first kappa shape index (κ1) is 56.9. The number of carbonyl (C=O) groups excluding carboxylic acids is 1. The molecule has 2 rings (SSSR count). The van der Waals surface area contributed by atoms with Crippen molar-refractivity contribution in [3.8, 4) is 0 Å². The number of aliphatic hydroxyl groups excluding tert-OH is 8. The smallest absolute Gasteiger partial charge is 0.220 e. The molecule has 2 saturated heterocycles. The second kappa shape index (κ2) is 35.9. The molecule has 2 fully saturated rings. The Morgan fingerprint density at radius 1 is 0.565 bits per heavy atom. The average molecular weight is 890 g/mol. The molecule has 0 aromatic rings. The molecular formula is C48H91NO13. The van der Waals surface area contributed by atoms with Gasteiger partial charge in [-0.05, 0) is 19.3 Å². The number of allylic oxidation sites excluding steroid dienone is 1. The highest BCUT2D eigenvalue weighted by Gasteiger charge is 2.51. The second-order valence-electron chi connectivity index (χ2n) is 18.0. The van der Waals surface area contributed by atoms with E-state index in [1.807, 2.05) is 6.08 Å². The molecule has 0 aromatic carbocycles. The molecular weight excluding hydrogens is 799 g/mol. The van der Waals surface area contributed by atoms with E-state index in [-0.39, 0.29) is 18.9 Å². The molecule has 12 unspecified atom stereocenters. The fourth-order valence-electron chi connectivity index (χ4n) is 8.35. The molecule has 0 bridgehead atoms. The zero-order valence-electron chi connectivity index (χ0n) is 38.6. The van der Waals surface area contributed by atoms with Gasteiger partial charge in [0.25, 0.3) is 0 Å². The Labute approximate surface area is 374 Å². The summed E-state index contributed by atoms with van der Waals surface area (Å²) in [6.07, 6.45) is 19.7. The Morgan fingerprint density at radius 2 is 1.00 bits per heavy atom. The number of ether oxygens (including phenoxy) is 4. The van der Waals surface area contributed by atoms with Gasteiger partial charge in [0.15, 0.2) is 12.6 Å². The van der Waals surface area contributed by atoms with Crippen molar-refractivity contribution in [1.29, 1.82) is 0 Å². The lowest BCUT2D eigenvalue weighted by Gasteiger charge is -2.46. The van der Waals surface area contributed by atoms with Crippen LogP contribution < -0.4 is 5.32 Å². The summed E-state index contributed by atoms with van der Waals surface area (Å²) in [7, 11) is 0. The van der Waals surface area contributed by atoms with Crippen LogP contribution in [0.25, 0.3) is 0 Å². The van der Waals surface area contributed by atoms with E-state index in [0.29, 0.717) is 6.42 Å². The number of hydrogen-bond donors (Lipinski definition) is 9. The number of amides is 1. The summed E-state index contributed by atoms with van der Waals surface area (Å²) in [5.41, 5.74) is 0. The SMILES string of the molecule is CCCCCCCCCCCCCCCCCC/C=C/C(O)C(COC1OC(CO)C(OC2OC(CO)C(O)C(O)C2O)C(O)C1O)NC(=O)CCCCCCCCCCCC. The molecule has 12 atom stereocenters. The van der Waals surface area contributed by atoms with Crippen LogP contribution in [0.4, 0.5) is 0 Å². The molecule has 0 saturated carbocycles. The minimum Gasteiger partial charge on any atom is -0.394 e. The summed E-state index contributed by atoms with van der Waals surface area (Å²) < 4.78 is 22.7. The molecule has 366 valence electrons. The van der Waals surface area contributed by atoms with E-state index >= 15 is 0 Å². The van der Waals surface area contributed by atoms with Crippen LogP contribution in [0.15, 0.2) is 12.2 Å². The fourth-order valence-corrected chi connectivity index (χ4v) is 8.35. The van der Waals surface area contributed by atoms with Gasteiger partial charge in [0.05, 0.1) is 32.0 Å². The van der Waals surface area contributed by atoms with Gasteiger partial charge in [-0.25, -0.2) is 0 Å². The summed E-state index contributed by atoms with van der Waals surface area (Å²) in [4.78, 5) is 13.1. The van der Waals surface area contributed by atoms with Gasteiger partial charge in [0, 0.05) is 6.42 Å². The van der Waals surface area contributed by atoms with Gasteiger partial charge in [-0.1, -0.05) is 180 Å². The number of hydrogen-bond acceptors (Lipinski definition) is 13. The molecule has 14 nitrogen and oxygen atoms in total. The Morgan fingerprint density at radius 3 is 1.48 bits per heavy atom. The van der Waals surface area contributed by atoms with Gasteiger partial charge >= 0.3 is 0 Å². The predicted molar refractivity (Wildman–Crippen MR) is 240 cm³/mol. The van der Waals surface area contributed by atoms with Gasteiger partial charge in [0.1, 0.15) is 48.8 Å². The molecule has 62 heavy (non-hydrogen) atoms. The third-order valence-electron chi connectivity index (χ3n) is 12.5. The van der Waals surface area contributed by atoms with Crippen molar-refractivity contribution in [2.45, 2.75) is 267 Å². The Balaban J connectivity index is 1.84. The van der Waals surface area contributed by atoms with Crippen molar-refractivity contribution in [2.75, 3.05) is 19.8 Å². The second-order valence-corrected chi connectivity index (χ2v) is 18.0. The molecule has 2 heterocycles. The molecule has 9 N–H and O–H groups in total. The summed E-state index contributed by atoms with van der Waals surface area (Å²) in [6, 6.07) is -0.906. The molecule has 0 radical (unpaired) electrons. The van der Waals surface area contributed by atoms with E-state index in [0.717, 1.165) is 38.5 Å². The van der Waals surface area contributed by atoms with Crippen LogP contribution in [0.1, 0.15) is 194 Å². The van der Waals surface area contributed by atoms with Crippen molar-refractivity contribution in [1.82, 2.24) is 5.32 Å². The van der Waals surface area contributed by atoms with Crippen molar-refractivity contribution >= 4 is 5.91 Å². The standard InChI is InChI=1S/C48H91NO13/c1-3-5-7-9-11-13-15-16-17-18-19-20-21-22-23-25-27-29-31-37(52)36(49-40(53)32-30-28-26-24-14-12-10-8-6-4-2)35-59-47-45(58)43(56)46(39(34-51)61-47)62-48-44(57)42(55)41(54)38(33-50)60-48/h29,31,36-39,41-48,50-52,54-58H,3-28,30,32-35H2,1-2H3,(H,49,53)/b31-29+. The average Bonchev–Trinajstić information content (AvgIpc) is 3.27. The first-order valence-corrected chi connectivity index (χ1v) is 24.9. The molecule has 1 amide bonds. The summed E-state index contributed by atoms with van der Waals surface area (Å²) >= 11 is 0. The van der Waals surface area contributed by atoms with Crippen LogP contribution in [-0.4, -0.2) is 140 Å². The normalized spacial score (nSPS) is 27.8. The number of aliphatic hydroxyl groups is 8. The lowest BCUT2D eigenvalue weighted by atomic mass is 9.97. The Bertz CT molecular complexity index is 1100. The van der Waals surface area contributed by atoms with Gasteiger partial charge < -0.3 is 65.1 Å². The van der Waals surface area contributed by atoms with Gasteiger partial charge in [-0.15, -0.1) is 0 Å². The highest BCUT2D eigenvalue weighted by atomic mass is 16.7. The molecule has 14 heteroatoms. The van der Waals surface area contributed by atoms with E-state index in [1.54, 1.807) is 6.08 Å². The maximum atomic E-state index is 13.1. The topological polar surface area (TPSA) is 228 Å². The van der Waals surface area contributed by atoms with Crippen LogP contribution >= 0.6 is 0 Å². The van der Waals surface area contributed by atoms with E-state index in [2.05, 4.69) is 19.2 Å². The van der Waals surface area contributed by atoms with Crippen molar-refractivity contribution in [2.24, 2.45) is 0 Å². The molecule has 2 aliphatic rings. The lowest BCUT2D eigenvalue weighted by molar-refractivity contribution is -0.359. The first-order valence-electron chi connectivity index (χ1n) is 24.9. The van der Waals surface area contributed by atoms with Gasteiger partial charge in [0.2, 0.25) is 5.91 Å². The van der Waals surface area contributed by atoms with Gasteiger partial charge in [-0.2, -0.15) is 0 Å². The monoisotopic (exact) mass is 890 g/mol. The zero-order valence-corrected chi connectivity index (χ0v) is 38.6. The molecule has 0 aromatic heterocycles. The molecule has 0 spiro atoms. The zero-order chi connectivity index (χ0) is 45.4. The highest BCUT2D eigenvalue weighted by Crippen LogP contribution is 2.30. The van der Waals surface area contributed by atoms with Crippen molar-refractivity contribution in [3.63, 3.8) is 0 Å². The highest BCUT2D eigenvalue weighted by molar-refractivity contribution is 5.76. The van der Waals surface area contributed by atoms with Crippen molar-refractivity contribution in [3.05, 3.63) is 12.2 Å². The number of nitrogens with one attached hydrogen (secondary N) is 1. The lowest BCUT2D eigenvalue weighted by Crippen LogP contribution is -2.65. The number of carbonyl (C=O) groups is 1. The Kier molecular flexibility index (Phi) is 32.9. The summed E-state index contributed by atoms with van der Waals surface area (Å²) in [6.45, 7) is 2.77. The number of unbranched alkanes of at least 4 members (excludes halogenated alkanes) is 25. The van der Waals surface area contributed by atoms with Gasteiger partial charge in [-0.3, -0.25) is 4.79 Å². The predicted octanol–water partition coefficient (Wildman–Crippen LogP) is 5.99. The van der Waals surface area contributed by atoms with Crippen LogP contribution in [-0.2, 0) is 23.7 Å². The number of rotatable bonds is 38. The van der Waals surface area contributed by atoms with Crippen LogP contribution in [0.2, 0.25) is 0 Å². The quantitative estimate of drug-likeness (QED) is 0.0257. The summed E-state index contributed by atoms with van der Waals surface area (Å²) in [5, 5.41) is 86.6. The minimum atomic E-state index is -1.78. The molecule has 0 aliphatic carbocycles. The van der Waals surface area contributed by atoms with E-state index in [1.165, 1.54) is 128 Å². The third kappa shape index (κ3) is 23.3. The molecule has 2 aliphatic heterocycles. The van der Waals surface area contributed by atoms with E-state index < -0.39 is 86.8 Å². The maximum Gasteiger partial charge on any atom is 0.220 e. The third-order valence-corrected chi connectivity index (χ3v) is 12.5. The fraction of sp³-hybridized carbons (Fsp3) is 0.938. The van der Waals surface area contributed by atoms with Crippen LogP contribution in [0.5, 0.6) is 0 Å². The van der Waals surface area contributed by atoms with E-state index in [4.69, 9.17) is 18.9 Å². The van der Waals surface area contributed by atoms with E-state index in [9.17, 15) is 45.6 Å². The first-order chi connectivity index (χ1) is 30.1. The minimum absolute atomic E-state index is 0.241. The van der Waals surface area contributed by atoms with Crippen LogP contribution in [0.3, 0.4) is 0 Å². The maximum absolute atomic E-state index is 13.1. The van der Waals surface area contributed by atoms with Crippen molar-refractivity contribution < 1.29 is 64.6 Å². The summed E-state index contributed by atoms with van der Waals surface area (Å²) in [5.74, 6) is -0.241. The Hall–Kier alpha value is -1.27. The largest absolute Gasteiger partial charge is 0.394 e.